The highest BCUT2D eigenvalue weighted by Crippen LogP contribution is 2.27. The molecule has 2 heterocycles. The number of likely N-dealkylation sites (tertiary alicyclic amines) is 1. The summed E-state index contributed by atoms with van der Waals surface area (Å²) in [6.45, 7) is 7.42. The number of urea groups is 1. The lowest BCUT2D eigenvalue weighted by molar-refractivity contribution is -0.192. The van der Waals surface area contributed by atoms with Crippen molar-refractivity contribution in [2.24, 2.45) is 0 Å². The smallest absolute Gasteiger partial charge is 0.490 e. The standard InChI is InChI=1S/C23H29N3O2.C2HF3O2/c1-16-5-3-6-17(2)22(16)28-19-10-13-26(14-11-19)23(27)25-21-8-4-7-18-9-12-24-15-20(18)21;3-2(4,5)1(6)7/h3-8,19,24H,9-15H2,1-2H3,(H,25,27);(H,6,7). The monoisotopic (exact) mass is 493 g/mol. The van der Waals surface area contributed by atoms with Crippen LogP contribution in [0.15, 0.2) is 36.4 Å². The molecule has 2 aromatic carbocycles. The number of piperidine rings is 1. The van der Waals surface area contributed by atoms with Gasteiger partial charge in [-0.1, -0.05) is 30.3 Å². The van der Waals surface area contributed by atoms with E-state index >= 15 is 0 Å². The number of hydrogen-bond acceptors (Lipinski definition) is 4. The summed E-state index contributed by atoms with van der Waals surface area (Å²) in [4.78, 5) is 23.6. The Bertz CT molecular complexity index is 1030. The van der Waals surface area contributed by atoms with Crippen molar-refractivity contribution in [2.45, 2.75) is 51.9 Å². The van der Waals surface area contributed by atoms with E-state index in [2.05, 4.69) is 48.7 Å². The molecule has 2 amide bonds. The first-order valence-electron chi connectivity index (χ1n) is 11.5. The van der Waals surface area contributed by atoms with Crippen molar-refractivity contribution >= 4 is 17.7 Å². The number of alkyl halides is 3. The number of halogens is 3. The molecule has 0 bridgehead atoms. The summed E-state index contributed by atoms with van der Waals surface area (Å²) in [5.41, 5.74) is 5.82. The molecular weight excluding hydrogens is 463 g/mol. The van der Waals surface area contributed by atoms with Crippen molar-refractivity contribution in [1.29, 1.82) is 0 Å². The largest absolute Gasteiger partial charge is 0.490 e. The number of ether oxygens (including phenoxy) is 1. The molecule has 0 spiro atoms. The second kappa shape index (κ2) is 11.4. The fourth-order valence-corrected chi connectivity index (χ4v) is 4.15. The zero-order valence-electron chi connectivity index (χ0n) is 19.7. The normalized spacial score (nSPS) is 16.0. The van der Waals surface area contributed by atoms with Crippen LogP contribution < -0.4 is 15.4 Å². The van der Waals surface area contributed by atoms with Gasteiger partial charge in [-0.3, -0.25) is 0 Å². The van der Waals surface area contributed by atoms with Crippen molar-refractivity contribution in [3.8, 4) is 5.75 Å². The van der Waals surface area contributed by atoms with Crippen LogP contribution in [0.2, 0.25) is 0 Å². The molecule has 0 aliphatic carbocycles. The molecule has 0 saturated carbocycles. The Morgan fingerprint density at radius 3 is 2.29 bits per heavy atom. The van der Waals surface area contributed by atoms with Crippen LogP contribution in [0.1, 0.15) is 35.1 Å². The molecule has 3 N–H and O–H groups in total. The number of nitrogens with zero attached hydrogens (tertiary/aromatic N) is 1. The highest BCUT2D eigenvalue weighted by atomic mass is 19.4. The van der Waals surface area contributed by atoms with E-state index in [1.807, 2.05) is 17.0 Å². The molecule has 4 rings (SSSR count). The van der Waals surface area contributed by atoms with Gasteiger partial charge < -0.3 is 25.4 Å². The van der Waals surface area contributed by atoms with Gasteiger partial charge in [0.1, 0.15) is 11.9 Å². The maximum Gasteiger partial charge on any atom is 0.490 e. The number of carbonyl (C=O) groups is 2. The van der Waals surface area contributed by atoms with Gasteiger partial charge in [0, 0.05) is 38.2 Å². The SMILES string of the molecule is Cc1cccc(C)c1OC1CCN(C(=O)Nc2cccc3c2CNCC3)CC1.O=C(O)C(F)(F)F. The predicted octanol–water partition coefficient (Wildman–Crippen LogP) is 4.66. The number of nitrogens with one attached hydrogen (secondary N) is 2. The van der Waals surface area contributed by atoms with Gasteiger partial charge >= 0.3 is 18.2 Å². The first kappa shape index (κ1) is 26.3. The highest BCUT2D eigenvalue weighted by molar-refractivity contribution is 5.90. The van der Waals surface area contributed by atoms with E-state index < -0.39 is 12.1 Å². The molecule has 0 unspecified atom stereocenters. The molecule has 10 heteroatoms. The molecule has 1 saturated heterocycles. The van der Waals surface area contributed by atoms with Gasteiger partial charge in [0.25, 0.3) is 0 Å². The van der Waals surface area contributed by atoms with E-state index in [9.17, 15) is 18.0 Å². The lowest BCUT2D eigenvalue weighted by Crippen LogP contribution is -2.44. The Morgan fingerprint density at radius 2 is 1.69 bits per heavy atom. The number of benzene rings is 2. The highest BCUT2D eigenvalue weighted by Gasteiger charge is 2.38. The van der Waals surface area contributed by atoms with Crippen molar-refractivity contribution < 1.29 is 32.6 Å². The molecule has 2 aliphatic rings. The van der Waals surface area contributed by atoms with Crippen LogP contribution in [-0.2, 0) is 17.8 Å². The van der Waals surface area contributed by atoms with Crippen LogP contribution >= 0.6 is 0 Å². The van der Waals surface area contributed by atoms with Gasteiger partial charge in [0.05, 0.1) is 0 Å². The molecule has 2 aromatic rings. The molecule has 0 radical (unpaired) electrons. The maximum atomic E-state index is 12.8. The Kier molecular flexibility index (Phi) is 8.61. The van der Waals surface area contributed by atoms with Gasteiger partial charge in [-0.15, -0.1) is 0 Å². The number of hydrogen-bond donors (Lipinski definition) is 3. The van der Waals surface area contributed by atoms with Crippen LogP contribution in [0.3, 0.4) is 0 Å². The fraction of sp³-hybridized carbons (Fsp3) is 0.440. The van der Waals surface area contributed by atoms with E-state index in [0.29, 0.717) is 13.1 Å². The number of amides is 2. The number of aryl methyl sites for hydroxylation is 2. The molecule has 1 fully saturated rings. The first-order valence-corrected chi connectivity index (χ1v) is 11.5. The van der Waals surface area contributed by atoms with Crippen LogP contribution in [0.5, 0.6) is 5.75 Å². The number of para-hydroxylation sites is 1. The zero-order chi connectivity index (χ0) is 25.6. The average Bonchev–Trinajstić information content (AvgIpc) is 2.82. The van der Waals surface area contributed by atoms with Crippen LogP contribution in [0, 0.1) is 13.8 Å². The number of carboxylic acids is 1. The van der Waals surface area contributed by atoms with Crippen LogP contribution in [0.4, 0.5) is 23.7 Å². The summed E-state index contributed by atoms with van der Waals surface area (Å²) in [6, 6.07) is 12.4. The van der Waals surface area contributed by atoms with Gasteiger partial charge in [0.2, 0.25) is 0 Å². The van der Waals surface area contributed by atoms with Crippen molar-refractivity contribution in [3.63, 3.8) is 0 Å². The van der Waals surface area contributed by atoms with Gasteiger partial charge in [-0.25, -0.2) is 9.59 Å². The van der Waals surface area contributed by atoms with Crippen LogP contribution in [0.25, 0.3) is 0 Å². The zero-order valence-corrected chi connectivity index (χ0v) is 19.7. The van der Waals surface area contributed by atoms with Gasteiger partial charge in [0.15, 0.2) is 0 Å². The van der Waals surface area contributed by atoms with Gasteiger partial charge in [-0.05, 0) is 55.1 Å². The fourth-order valence-electron chi connectivity index (χ4n) is 4.15. The molecule has 0 atom stereocenters. The summed E-state index contributed by atoms with van der Waals surface area (Å²) < 4.78 is 38.0. The first-order chi connectivity index (χ1) is 16.6. The minimum atomic E-state index is -5.08. The number of carbonyl (C=O) groups excluding carboxylic acids is 1. The Hall–Kier alpha value is -3.27. The topological polar surface area (TPSA) is 90.9 Å². The summed E-state index contributed by atoms with van der Waals surface area (Å²) >= 11 is 0. The number of carboxylic acid groups (broad SMARTS) is 1. The van der Waals surface area contributed by atoms with Crippen molar-refractivity contribution in [1.82, 2.24) is 10.2 Å². The number of aliphatic carboxylic acids is 1. The van der Waals surface area contributed by atoms with E-state index in [1.165, 1.54) is 22.3 Å². The van der Waals surface area contributed by atoms with Gasteiger partial charge in [-0.2, -0.15) is 13.2 Å². The number of anilines is 1. The second-order valence-electron chi connectivity index (χ2n) is 8.63. The third-order valence-electron chi connectivity index (χ3n) is 6.05. The minimum Gasteiger partial charge on any atom is -0.490 e. The van der Waals surface area contributed by atoms with E-state index in [1.54, 1.807) is 0 Å². The Balaban J connectivity index is 0.000000429. The number of rotatable bonds is 3. The Morgan fingerprint density at radius 1 is 1.09 bits per heavy atom. The number of fused-ring (bicyclic) bond motifs is 1. The molecule has 0 aromatic heterocycles. The lowest BCUT2D eigenvalue weighted by atomic mass is 9.99. The third-order valence-corrected chi connectivity index (χ3v) is 6.05. The van der Waals surface area contributed by atoms with E-state index in [4.69, 9.17) is 14.6 Å². The predicted molar refractivity (Wildman–Crippen MR) is 126 cm³/mol. The molecule has 2 aliphatic heterocycles. The second-order valence-corrected chi connectivity index (χ2v) is 8.63. The van der Waals surface area contributed by atoms with E-state index in [-0.39, 0.29) is 12.1 Å². The van der Waals surface area contributed by atoms with Crippen molar-refractivity contribution in [2.75, 3.05) is 25.0 Å². The maximum absolute atomic E-state index is 12.8. The molecule has 7 nitrogen and oxygen atoms in total. The molecular formula is C25H30F3N3O4. The summed E-state index contributed by atoms with van der Waals surface area (Å²) in [7, 11) is 0. The summed E-state index contributed by atoms with van der Waals surface area (Å²) in [5, 5.41) is 13.6. The van der Waals surface area contributed by atoms with Crippen molar-refractivity contribution in [3.05, 3.63) is 58.7 Å². The lowest BCUT2D eigenvalue weighted by Gasteiger charge is -2.33. The molecule has 190 valence electrons. The average molecular weight is 494 g/mol. The third kappa shape index (κ3) is 7.11. The molecule has 35 heavy (non-hydrogen) atoms. The quantitative estimate of drug-likeness (QED) is 0.579. The summed E-state index contributed by atoms with van der Waals surface area (Å²) in [6.07, 6.45) is -2.19. The Labute approximate surface area is 202 Å². The summed E-state index contributed by atoms with van der Waals surface area (Å²) in [5.74, 6) is -1.76. The minimum absolute atomic E-state index is 0.00973. The van der Waals surface area contributed by atoms with E-state index in [0.717, 1.165) is 43.8 Å². The van der Waals surface area contributed by atoms with Crippen LogP contribution in [-0.4, -0.2) is 53.9 Å².